The molecule has 1 heterocycles. The molecule has 3 heteroatoms. The van der Waals surface area contributed by atoms with Crippen LogP contribution in [0.5, 0.6) is 0 Å². The summed E-state index contributed by atoms with van der Waals surface area (Å²) in [6, 6.07) is 8.34. The summed E-state index contributed by atoms with van der Waals surface area (Å²) in [6.45, 7) is 1.08. The topological polar surface area (TPSA) is 35.8 Å². The lowest BCUT2D eigenvalue weighted by Gasteiger charge is -2.12. The van der Waals surface area contributed by atoms with Crippen LogP contribution < -0.4 is 5.32 Å². The van der Waals surface area contributed by atoms with Gasteiger partial charge in [-0.25, -0.2) is 0 Å². The van der Waals surface area contributed by atoms with Gasteiger partial charge in [-0.15, -0.1) is 0 Å². The Bertz CT molecular complexity index is 375. The number of nitrogens with zero attached hydrogens (tertiary/aromatic N) is 1. The third-order valence-corrected chi connectivity index (χ3v) is 3.28. The zero-order valence-electron chi connectivity index (χ0n) is 7.76. The number of nitrogens with one attached hydrogen (secondary N) is 1. The van der Waals surface area contributed by atoms with Crippen molar-refractivity contribution >= 4 is 15.9 Å². The molecular weight excluding hydrogens is 240 g/mol. The monoisotopic (exact) mass is 250 g/mol. The highest BCUT2D eigenvalue weighted by Crippen LogP contribution is 2.29. The molecule has 2 rings (SSSR count). The molecule has 1 saturated heterocycles. The van der Waals surface area contributed by atoms with E-state index in [9.17, 15) is 0 Å². The number of hydrogen-bond donors (Lipinski definition) is 1. The Balaban J connectivity index is 2.35. The third-order valence-electron chi connectivity index (χ3n) is 2.56. The normalized spacial score (nSPS) is 20.7. The molecule has 1 N–H and O–H groups in total. The van der Waals surface area contributed by atoms with Crippen molar-refractivity contribution in [1.82, 2.24) is 5.32 Å². The Morgan fingerprint density at radius 3 is 3.00 bits per heavy atom. The minimum Gasteiger partial charge on any atom is -0.310 e. The van der Waals surface area contributed by atoms with Crippen LogP contribution in [0.4, 0.5) is 0 Å². The molecule has 72 valence electrons. The molecule has 0 aromatic heterocycles. The Morgan fingerprint density at radius 2 is 2.36 bits per heavy atom. The van der Waals surface area contributed by atoms with E-state index in [1.54, 1.807) is 0 Å². The van der Waals surface area contributed by atoms with Crippen LogP contribution in [0.1, 0.15) is 30.0 Å². The van der Waals surface area contributed by atoms with Crippen molar-refractivity contribution in [2.24, 2.45) is 0 Å². The van der Waals surface area contributed by atoms with Gasteiger partial charge in [-0.05, 0) is 43.1 Å². The predicted molar refractivity (Wildman–Crippen MR) is 58.8 cm³/mol. The van der Waals surface area contributed by atoms with Crippen molar-refractivity contribution in [1.29, 1.82) is 5.26 Å². The lowest BCUT2D eigenvalue weighted by Crippen LogP contribution is -2.13. The second kappa shape index (κ2) is 4.12. The zero-order chi connectivity index (χ0) is 9.97. The first-order chi connectivity index (χ1) is 6.81. The van der Waals surface area contributed by atoms with Crippen LogP contribution in [0.15, 0.2) is 22.7 Å². The zero-order valence-corrected chi connectivity index (χ0v) is 9.34. The summed E-state index contributed by atoms with van der Waals surface area (Å²) in [7, 11) is 0. The first kappa shape index (κ1) is 9.70. The molecule has 1 fully saturated rings. The van der Waals surface area contributed by atoms with Crippen LogP contribution in [-0.2, 0) is 0 Å². The number of rotatable bonds is 1. The number of halogens is 1. The molecule has 1 aliphatic rings. The molecule has 1 aliphatic heterocycles. The van der Waals surface area contributed by atoms with E-state index in [0.29, 0.717) is 6.04 Å². The number of nitriles is 1. The van der Waals surface area contributed by atoms with Gasteiger partial charge in [-0.2, -0.15) is 5.26 Å². The fourth-order valence-corrected chi connectivity index (χ4v) is 2.35. The summed E-state index contributed by atoms with van der Waals surface area (Å²) in [6.07, 6.45) is 2.38. The smallest absolute Gasteiger partial charge is 0.0991 e. The molecule has 0 saturated carbocycles. The number of benzene rings is 1. The predicted octanol–water partition coefficient (Wildman–Crippen LogP) is 2.75. The van der Waals surface area contributed by atoms with Gasteiger partial charge >= 0.3 is 0 Å². The van der Waals surface area contributed by atoms with Gasteiger partial charge in [0.25, 0.3) is 0 Å². The quantitative estimate of drug-likeness (QED) is 0.832. The Labute approximate surface area is 92.1 Å². The minimum absolute atomic E-state index is 0.415. The molecule has 1 atom stereocenters. The van der Waals surface area contributed by atoms with Crippen molar-refractivity contribution in [2.75, 3.05) is 6.54 Å². The molecule has 0 aliphatic carbocycles. The van der Waals surface area contributed by atoms with Crippen molar-refractivity contribution < 1.29 is 0 Å². The maximum Gasteiger partial charge on any atom is 0.0991 e. The Morgan fingerprint density at radius 1 is 1.50 bits per heavy atom. The van der Waals surface area contributed by atoms with Gasteiger partial charge < -0.3 is 5.32 Å². The standard InChI is InChI=1S/C11H11BrN2/c12-10-4-3-8(7-13)6-9(10)11-2-1-5-14-11/h3-4,6,11,14H,1-2,5H2. The molecule has 0 radical (unpaired) electrons. The second-order valence-electron chi connectivity index (χ2n) is 3.50. The average molecular weight is 251 g/mol. The van der Waals surface area contributed by atoms with Crippen LogP contribution in [0, 0.1) is 11.3 Å². The van der Waals surface area contributed by atoms with E-state index >= 15 is 0 Å². The summed E-state index contributed by atoms with van der Waals surface area (Å²) in [5.41, 5.74) is 1.94. The Kier molecular flexibility index (Phi) is 2.85. The van der Waals surface area contributed by atoms with Gasteiger partial charge in [0.05, 0.1) is 11.6 Å². The SMILES string of the molecule is N#Cc1ccc(Br)c(C2CCCN2)c1. The van der Waals surface area contributed by atoms with Crippen LogP contribution >= 0.6 is 15.9 Å². The summed E-state index contributed by atoms with van der Waals surface area (Å²) >= 11 is 3.52. The lowest BCUT2D eigenvalue weighted by molar-refractivity contribution is 0.645. The van der Waals surface area contributed by atoms with Crippen molar-refractivity contribution in [3.8, 4) is 6.07 Å². The lowest BCUT2D eigenvalue weighted by atomic mass is 10.0. The van der Waals surface area contributed by atoms with Gasteiger partial charge in [-0.1, -0.05) is 15.9 Å². The molecular formula is C11H11BrN2. The number of hydrogen-bond acceptors (Lipinski definition) is 2. The van der Waals surface area contributed by atoms with E-state index in [1.807, 2.05) is 18.2 Å². The summed E-state index contributed by atoms with van der Waals surface area (Å²) in [4.78, 5) is 0. The summed E-state index contributed by atoms with van der Waals surface area (Å²) < 4.78 is 1.09. The highest BCUT2D eigenvalue weighted by molar-refractivity contribution is 9.10. The van der Waals surface area contributed by atoms with Crippen molar-refractivity contribution in [3.63, 3.8) is 0 Å². The first-order valence-corrected chi connectivity index (χ1v) is 5.53. The van der Waals surface area contributed by atoms with Gasteiger partial charge in [0.15, 0.2) is 0 Å². The Hall–Kier alpha value is -0.850. The first-order valence-electron chi connectivity index (χ1n) is 4.74. The largest absolute Gasteiger partial charge is 0.310 e. The third kappa shape index (κ3) is 1.82. The summed E-state index contributed by atoms with van der Waals surface area (Å²) in [5.74, 6) is 0. The van der Waals surface area contributed by atoms with E-state index in [0.717, 1.165) is 23.0 Å². The summed E-state index contributed by atoms with van der Waals surface area (Å²) in [5, 5.41) is 12.2. The van der Waals surface area contributed by atoms with Crippen LogP contribution in [0.2, 0.25) is 0 Å². The fraction of sp³-hybridized carbons (Fsp3) is 0.364. The molecule has 0 spiro atoms. The minimum atomic E-state index is 0.415. The van der Waals surface area contributed by atoms with Crippen LogP contribution in [0.25, 0.3) is 0 Å². The molecule has 1 unspecified atom stereocenters. The maximum absolute atomic E-state index is 8.81. The van der Waals surface area contributed by atoms with Gasteiger partial charge in [0, 0.05) is 10.5 Å². The highest BCUT2D eigenvalue weighted by atomic mass is 79.9. The molecule has 1 aromatic rings. The maximum atomic E-state index is 8.81. The second-order valence-corrected chi connectivity index (χ2v) is 4.35. The van der Waals surface area contributed by atoms with E-state index in [4.69, 9.17) is 5.26 Å². The molecule has 1 aromatic carbocycles. The van der Waals surface area contributed by atoms with Crippen molar-refractivity contribution in [2.45, 2.75) is 18.9 Å². The van der Waals surface area contributed by atoms with Crippen LogP contribution in [0.3, 0.4) is 0 Å². The van der Waals surface area contributed by atoms with E-state index in [2.05, 4.69) is 27.3 Å². The van der Waals surface area contributed by atoms with E-state index in [1.165, 1.54) is 12.0 Å². The molecule has 14 heavy (non-hydrogen) atoms. The molecule has 0 bridgehead atoms. The van der Waals surface area contributed by atoms with Gasteiger partial charge in [-0.3, -0.25) is 0 Å². The van der Waals surface area contributed by atoms with E-state index < -0.39 is 0 Å². The molecule has 0 amide bonds. The van der Waals surface area contributed by atoms with E-state index in [-0.39, 0.29) is 0 Å². The van der Waals surface area contributed by atoms with Gasteiger partial charge in [0.1, 0.15) is 0 Å². The van der Waals surface area contributed by atoms with Crippen molar-refractivity contribution in [3.05, 3.63) is 33.8 Å². The average Bonchev–Trinajstić information content (AvgIpc) is 2.71. The van der Waals surface area contributed by atoms with Gasteiger partial charge in [0.2, 0.25) is 0 Å². The van der Waals surface area contributed by atoms with Crippen LogP contribution in [-0.4, -0.2) is 6.54 Å². The highest BCUT2D eigenvalue weighted by Gasteiger charge is 2.18. The fourth-order valence-electron chi connectivity index (χ4n) is 1.83. The molecule has 2 nitrogen and oxygen atoms in total.